The van der Waals surface area contributed by atoms with Crippen LogP contribution in [0.5, 0.6) is 0 Å². The van der Waals surface area contributed by atoms with Crippen LogP contribution in [-0.2, 0) is 5.41 Å². The van der Waals surface area contributed by atoms with Crippen molar-refractivity contribution in [2.45, 2.75) is 23.9 Å². The third-order valence-electron chi connectivity index (χ3n) is 13.2. The highest BCUT2D eigenvalue weighted by molar-refractivity contribution is 5.96. The minimum absolute atomic E-state index is 0.0124. The number of fused-ring (bicyclic) bond motifs is 9. The molecule has 1 fully saturated rings. The van der Waals surface area contributed by atoms with Gasteiger partial charge in [0.05, 0.1) is 35.3 Å². The predicted octanol–water partition coefficient (Wildman–Crippen LogP) is 13.3. The van der Waals surface area contributed by atoms with Crippen molar-refractivity contribution in [3.8, 4) is 33.4 Å². The van der Waals surface area contributed by atoms with Gasteiger partial charge in [0.1, 0.15) is 0 Å². The van der Waals surface area contributed by atoms with Crippen LogP contribution < -0.4 is 20.9 Å². The van der Waals surface area contributed by atoms with Crippen molar-refractivity contribution in [3.05, 3.63) is 269 Å². The monoisotopic (exact) mass is 796 g/mol. The Labute approximate surface area is 363 Å². The van der Waals surface area contributed by atoms with Crippen LogP contribution in [-0.4, -0.2) is 0 Å². The van der Waals surface area contributed by atoms with E-state index in [0.717, 1.165) is 5.69 Å². The van der Waals surface area contributed by atoms with Crippen LogP contribution in [0.15, 0.2) is 231 Å². The summed E-state index contributed by atoms with van der Waals surface area (Å²) in [5, 5.41) is 11.4. The topological polar surface area (TPSA) is 39.3 Å². The molecule has 0 aromatic heterocycles. The van der Waals surface area contributed by atoms with Gasteiger partial charge in [-0.3, -0.25) is 16.0 Å². The number of rotatable bonds is 6. The van der Waals surface area contributed by atoms with Gasteiger partial charge >= 0.3 is 0 Å². The Hall–Kier alpha value is -7.34. The number of anilines is 3. The number of nitrogens with one attached hydrogen (secondary N) is 3. The minimum Gasteiger partial charge on any atom is -0.310 e. The number of benzene rings is 9. The van der Waals surface area contributed by atoms with Gasteiger partial charge in [-0.2, -0.15) is 0 Å². The van der Waals surface area contributed by atoms with Crippen molar-refractivity contribution < 1.29 is 0 Å². The highest BCUT2D eigenvalue weighted by Crippen LogP contribution is 2.63. The fraction of sp³-hybridized carbons (Fsp3) is 0.0690. The van der Waals surface area contributed by atoms with E-state index in [0.29, 0.717) is 0 Å². The van der Waals surface area contributed by atoms with Gasteiger partial charge in [-0.25, -0.2) is 0 Å². The molecule has 3 N–H and O–H groups in total. The van der Waals surface area contributed by atoms with Crippen LogP contribution in [0, 0.1) is 0 Å². The lowest BCUT2D eigenvalue weighted by Crippen LogP contribution is -2.54. The van der Waals surface area contributed by atoms with E-state index in [1.807, 2.05) is 0 Å². The molecular formula is C58H44N4. The van der Waals surface area contributed by atoms with Crippen LogP contribution in [0.2, 0.25) is 0 Å². The Morgan fingerprint density at radius 1 is 0.306 bits per heavy atom. The molecule has 1 aliphatic carbocycles. The van der Waals surface area contributed by atoms with E-state index < -0.39 is 5.41 Å². The molecule has 4 heteroatoms. The Morgan fingerprint density at radius 3 is 1.34 bits per heavy atom. The molecule has 1 saturated heterocycles. The maximum Gasteiger partial charge on any atom is 0.0864 e. The molecule has 0 amide bonds. The zero-order chi connectivity index (χ0) is 41.0. The van der Waals surface area contributed by atoms with Crippen molar-refractivity contribution in [2.75, 3.05) is 4.90 Å². The highest BCUT2D eigenvalue weighted by Gasteiger charge is 2.51. The summed E-state index contributed by atoms with van der Waals surface area (Å²) in [5.41, 5.74) is 19.3. The van der Waals surface area contributed by atoms with Gasteiger partial charge in [0.25, 0.3) is 0 Å². The summed E-state index contributed by atoms with van der Waals surface area (Å²) in [6.45, 7) is 0. The smallest absolute Gasteiger partial charge is 0.0864 e. The maximum absolute atomic E-state index is 3.83. The Balaban J connectivity index is 0.922. The third kappa shape index (κ3) is 5.88. The molecule has 0 saturated carbocycles. The highest BCUT2D eigenvalue weighted by atomic mass is 15.4. The van der Waals surface area contributed by atoms with Crippen molar-refractivity contribution >= 4 is 17.1 Å². The van der Waals surface area contributed by atoms with E-state index >= 15 is 0 Å². The molecule has 2 unspecified atom stereocenters. The molecule has 1 spiro atoms. The third-order valence-corrected chi connectivity index (χ3v) is 13.2. The quantitative estimate of drug-likeness (QED) is 0.157. The fourth-order valence-corrected chi connectivity index (χ4v) is 10.4. The summed E-state index contributed by atoms with van der Waals surface area (Å²) < 4.78 is 0. The van der Waals surface area contributed by atoms with Crippen molar-refractivity contribution in [1.29, 1.82) is 0 Å². The van der Waals surface area contributed by atoms with Crippen molar-refractivity contribution in [2.24, 2.45) is 0 Å². The molecular weight excluding hydrogens is 753 g/mol. The second kappa shape index (κ2) is 15.0. The van der Waals surface area contributed by atoms with E-state index in [1.54, 1.807) is 0 Å². The number of para-hydroxylation sites is 3. The molecule has 2 aliphatic heterocycles. The molecule has 0 radical (unpaired) electrons. The van der Waals surface area contributed by atoms with E-state index in [-0.39, 0.29) is 18.5 Å². The molecule has 3 aliphatic rings. The first kappa shape index (κ1) is 36.5. The molecule has 2 heterocycles. The Morgan fingerprint density at radius 2 is 0.742 bits per heavy atom. The number of hydrogen-bond acceptors (Lipinski definition) is 4. The summed E-state index contributed by atoms with van der Waals surface area (Å²) in [6, 6.07) is 84.3. The molecule has 62 heavy (non-hydrogen) atoms. The average Bonchev–Trinajstić information content (AvgIpc) is 3.65. The first-order chi connectivity index (χ1) is 30.7. The largest absolute Gasteiger partial charge is 0.310 e. The lowest BCUT2D eigenvalue weighted by molar-refractivity contribution is 0.203. The SMILES string of the molecule is c1ccc(C2NC(c3ccccc3)NC(c3ccc(-c4cccc(-c5ccc6c(c5)C5(c7ccccc7-6)c6ccccc6N(c6ccccc6)c6ccccc65)c4)cc3)N2)cc1. The summed E-state index contributed by atoms with van der Waals surface area (Å²) >= 11 is 0. The van der Waals surface area contributed by atoms with Crippen LogP contribution in [0.3, 0.4) is 0 Å². The number of nitrogens with zero attached hydrogens (tertiary/aromatic N) is 1. The fourth-order valence-electron chi connectivity index (χ4n) is 10.4. The Kier molecular flexibility index (Phi) is 8.82. The lowest BCUT2D eigenvalue weighted by Gasteiger charge is -2.45. The molecule has 0 bridgehead atoms. The number of hydrogen-bond donors (Lipinski definition) is 3. The lowest BCUT2D eigenvalue weighted by atomic mass is 9.64. The van der Waals surface area contributed by atoms with Crippen LogP contribution in [0.25, 0.3) is 33.4 Å². The van der Waals surface area contributed by atoms with Gasteiger partial charge in [-0.1, -0.05) is 194 Å². The summed E-state index contributed by atoms with van der Waals surface area (Å²) in [6.07, 6.45) is -0.0759. The minimum atomic E-state index is -0.496. The van der Waals surface area contributed by atoms with Crippen LogP contribution >= 0.6 is 0 Å². The summed E-state index contributed by atoms with van der Waals surface area (Å²) in [4.78, 5) is 2.44. The van der Waals surface area contributed by atoms with E-state index in [4.69, 9.17) is 0 Å². The van der Waals surface area contributed by atoms with Gasteiger partial charge in [-0.15, -0.1) is 0 Å². The van der Waals surface area contributed by atoms with Gasteiger partial charge in [0.2, 0.25) is 0 Å². The van der Waals surface area contributed by atoms with Gasteiger partial charge in [0.15, 0.2) is 0 Å². The second-order valence-electron chi connectivity index (χ2n) is 16.6. The first-order valence-electron chi connectivity index (χ1n) is 21.6. The van der Waals surface area contributed by atoms with Crippen LogP contribution in [0.4, 0.5) is 17.1 Å². The molecule has 9 aromatic rings. The van der Waals surface area contributed by atoms with E-state index in [1.165, 1.54) is 83.7 Å². The van der Waals surface area contributed by atoms with E-state index in [9.17, 15) is 0 Å². The van der Waals surface area contributed by atoms with Gasteiger partial charge < -0.3 is 4.90 Å². The summed E-state index contributed by atoms with van der Waals surface area (Å²) in [7, 11) is 0. The van der Waals surface area contributed by atoms with Crippen LogP contribution in [0.1, 0.15) is 57.4 Å². The Bertz CT molecular complexity index is 2980. The molecule has 12 rings (SSSR count). The molecule has 2 atom stereocenters. The zero-order valence-corrected chi connectivity index (χ0v) is 34.1. The average molecular weight is 797 g/mol. The predicted molar refractivity (Wildman–Crippen MR) is 253 cm³/mol. The normalized spacial score (nSPS) is 18.1. The van der Waals surface area contributed by atoms with Gasteiger partial charge in [0, 0.05) is 5.69 Å². The van der Waals surface area contributed by atoms with Crippen molar-refractivity contribution in [3.63, 3.8) is 0 Å². The first-order valence-corrected chi connectivity index (χ1v) is 21.6. The van der Waals surface area contributed by atoms with Crippen molar-refractivity contribution in [1.82, 2.24) is 16.0 Å². The standard InChI is InChI=1S/C58H44N4/c1-4-17-40(18-5-1)55-59-56(41-19-6-2-7-20-41)61-57(60-55)42-33-31-39(32-34-42)43-21-16-22-44(37-43)45-35-36-48-47-25-10-11-26-49(47)58(52(48)38-45)50-27-12-14-29-53(50)62(46-23-8-3-9-24-46)54-30-15-13-28-51(54)58/h1-38,55-57,59-61H. The summed E-state index contributed by atoms with van der Waals surface area (Å²) in [5.74, 6) is 0. The van der Waals surface area contributed by atoms with E-state index in [2.05, 4.69) is 251 Å². The zero-order valence-electron chi connectivity index (χ0n) is 34.1. The molecule has 4 nitrogen and oxygen atoms in total. The second-order valence-corrected chi connectivity index (χ2v) is 16.6. The maximum atomic E-state index is 3.83. The molecule has 296 valence electrons. The van der Waals surface area contributed by atoms with Gasteiger partial charge in [-0.05, 0) is 109 Å². The molecule has 9 aromatic carbocycles.